The molecule has 5 nitrogen and oxygen atoms in total. The maximum absolute atomic E-state index is 12.8. The van der Waals surface area contributed by atoms with E-state index in [1.807, 2.05) is 6.07 Å². The van der Waals surface area contributed by atoms with Gasteiger partial charge in [0.25, 0.3) is 0 Å². The molecule has 0 bridgehead atoms. The molecule has 0 fully saturated rings. The molecule has 146 valence electrons. The van der Waals surface area contributed by atoms with Gasteiger partial charge in [0.2, 0.25) is 15.9 Å². The van der Waals surface area contributed by atoms with Gasteiger partial charge in [-0.15, -0.1) is 0 Å². The van der Waals surface area contributed by atoms with Gasteiger partial charge in [0, 0.05) is 5.69 Å². The van der Waals surface area contributed by atoms with E-state index in [4.69, 9.17) is 0 Å². The van der Waals surface area contributed by atoms with Crippen LogP contribution in [-0.4, -0.2) is 27.1 Å². The zero-order chi connectivity index (χ0) is 20.4. The monoisotopic (exact) mass is 400 g/mol. The average molecular weight is 400 g/mol. The van der Waals surface area contributed by atoms with Crippen LogP contribution in [-0.2, 0) is 21.0 Å². The summed E-state index contributed by atoms with van der Waals surface area (Å²) < 4.78 is 63.6. The Balaban J connectivity index is 2.27. The number of benzene rings is 2. The Morgan fingerprint density at radius 3 is 2.37 bits per heavy atom. The number of carbonyl (C=O) groups excluding carboxylic acids is 1. The molecule has 2 aromatic rings. The van der Waals surface area contributed by atoms with E-state index in [0.717, 1.165) is 34.3 Å². The normalized spacial score (nSPS) is 11.9. The van der Waals surface area contributed by atoms with Gasteiger partial charge in [-0.05, 0) is 49.2 Å². The summed E-state index contributed by atoms with van der Waals surface area (Å²) in [5.41, 5.74) is 0.830. The molecule has 1 amide bonds. The molecule has 0 atom stereocenters. The van der Waals surface area contributed by atoms with Crippen LogP contribution >= 0.6 is 0 Å². The lowest BCUT2D eigenvalue weighted by Crippen LogP contribution is -2.38. The quantitative estimate of drug-likeness (QED) is 0.832. The van der Waals surface area contributed by atoms with E-state index < -0.39 is 34.2 Å². The first kappa shape index (κ1) is 20.8. The number of rotatable bonds is 5. The summed E-state index contributed by atoms with van der Waals surface area (Å²) in [6, 6.07) is 9.31. The lowest BCUT2D eigenvalue weighted by Gasteiger charge is -2.24. The number of hydrogen-bond donors (Lipinski definition) is 1. The number of nitrogens with zero attached hydrogens (tertiary/aromatic N) is 1. The van der Waals surface area contributed by atoms with E-state index in [-0.39, 0.29) is 5.69 Å². The van der Waals surface area contributed by atoms with Crippen molar-refractivity contribution in [3.8, 4) is 0 Å². The second-order valence-corrected chi connectivity index (χ2v) is 8.09. The van der Waals surface area contributed by atoms with Crippen molar-refractivity contribution in [1.29, 1.82) is 0 Å². The van der Waals surface area contributed by atoms with Gasteiger partial charge in [0.1, 0.15) is 6.54 Å². The molecular weight excluding hydrogens is 381 g/mol. The third-order valence-electron chi connectivity index (χ3n) is 3.79. The van der Waals surface area contributed by atoms with E-state index >= 15 is 0 Å². The maximum Gasteiger partial charge on any atom is 0.416 e. The number of nitrogens with one attached hydrogen (secondary N) is 1. The van der Waals surface area contributed by atoms with Crippen LogP contribution in [0.1, 0.15) is 16.7 Å². The Kier molecular flexibility index (Phi) is 5.84. The SMILES string of the molecule is Cc1ccc(C)c(N(CC(=O)Nc2cccc(C(F)(F)F)c2)S(C)(=O)=O)c1. The van der Waals surface area contributed by atoms with Crippen molar-refractivity contribution in [2.45, 2.75) is 20.0 Å². The van der Waals surface area contributed by atoms with Crippen LogP contribution in [0.5, 0.6) is 0 Å². The summed E-state index contributed by atoms with van der Waals surface area (Å²) in [6.45, 7) is 2.93. The first-order chi connectivity index (χ1) is 12.4. The number of anilines is 2. The Labute approximate surface area is 155 Å². The minimum atomic E-state index is -4.54. The van der Waals surface area contributed by atoms with Crippen LogP contribution in [0.4, 0.5) is 24.5 Å². The number of carbonyl (C=O) groups is 1. The fourth-order valence-corrected chi connectivity index (χ4v) is 3.38. The summed E-state index contributed by atoms with van der Waals surface area (Å²) in [4.78, 5) is 12.3. The molecule has 1 N–H and O–H groups in total. The fraction of sp³-hybridized carbons (Fsp3) is 0.278. The largest absolute Gasteiger partial charge is 0.416 e. The zero-order valence-corrected chi connectivity index (χ0v) is 15.8. The maximum atomic E-state index is 12.8. The van der Waals surface area contributed by atoms with E-state index in [1.54, 1.807) is 26.0 Å². The molecule has 0 aliphatic rings. The molecule has 0 aliphatic carbocycles. The molecule has 0 saturated carbocycles. The molecular formula is C18H19F3N2O3S. The smallest absolute Gasteiger partial charge is 0.325 e. The average Bonchev–Trinajstić information content (AvgIpc) is 2.53. The van der Waals surface area contributed by atoms with Gasteiger partial charge in [-0.2, -0.15) is 13.2 Å². The van der Waals surface area contributed by atoms with Crippen molar-refractivity contribution in [2.24, 2.45) is 0 Å². The predicted molar refractivity (Wildman–Crippen MR) is 98.2 cm³/mol. The molecule has 27 heavy (non-hydrogen) atoms. The highest BCUT2D eigenvalue weighted by Gasteiger charge is 2.30. The van der Waals surface area contributed by atoms with Crippen LogP contribution < -0.4 is 9.62 Å². The van der Waals surface area contributed by atoms with Crippen molar-refractivity contribution >= 4 is 27.3 Å². The highest BCUT2D eigenvalue weighted by Crippen LogP contribution is 2.30. The highest BCUT2D eigenvalue weighted by atomic mass is 32.2. The minimum Gasteiger partial charge on any atom is -0.325 e. The Hall–Kier alpha value is -2.55. The summed E-state index contributed by atoms with van der Waals surface area (Å²) in [5.74, 6) is -0.749. The molecule has 0 aromatic heterocycles. The zero-order valence-electron chi connectivity index (χ0n) is 15.0. The molecule has 2 aromatic carbocycles. The second kappa shape index (κ2) is 7.59. The van der Waals surface area contributed by atoms with Crippen molar-refractivity contribution in [2.75, 3.05) is 22.4 Å². The predicted octanol–water partition coefficient (Wildman–Crippen LogP) is 3.73. The molecule has 0 aliphatic heterocycles. The first-order valence-corrected chi connectivity index (χ1v) is 9.75. The summed E-state index contributed by atoms with van der Waals surface area (Å²) in [7, 11) is -3.78. The molecule has 0 saturated heterocycles. The lowest BCUT2D eigenvalue weighted by molar-refractivity contribution is -0.137. The number of alkyl halides is 3. The van der Waals surface area contributed by atoms with Gasteiger partial charge in [-0.1, -0.05) is 18.2 Å². The summed E-state index contributed by atoms with van der Waals surface area (Å²) in [6.07, 6.45) is -3.58. The van der Waals surface area contributed by atoms with Crippen molar-refractivity contribution in [3.63, 3.8) is 0 Å². The first-order valence-electron chi connectivity index (χ1n) is 7.90. The van der Waals surface area contributed by atoms with Gasteiger partial charge >= 0.3 is 6.18 Å². The van der Waals surface area contributed by atoms with Gasteiger partial charge < -0.3 is 5.32 Å². The molecule has 0 spiro atoms. The van der Waals surface area contributed by atoms with E-state index in [9.17, 15) is 26.4 Å². The Morgan fingerprint density at radius 1 is 1.11 bits per heavy atom. The molecule has 0 unspecified atom stereocenters. The van der Waals surface area contributed by atoms with Gasteiger partial charge in [-0.3, -0.25) is 9.10 Å². The van der Waals surface area contributed by atoms with Crippen LogP contribution in [0.2, 0.25) is 0 Å². The number of hydrogen-bond acceptors (Lipinski definition) is 3. The van der Waals surface area contributed by atoms with Crippen LogP contribution in [0.25, 0.3) is 0 Å². The van der Waals surface area contributed by atoms with E-state index in [0.29, 0.717) is 11.3 Å². The minimum absolute atomic E-state index is 0.0655. The molecule has 0 heterocycles. The van der Waals surface area contributed by atoms with Crippen molar-refractivity contribution in [1.82, 2.24) is 0 Å². The Bertz CT molecular complexity index is 957. The lowest BCUT2D eigenvalue weighted by atomic mass is 10.1. The van der Waals surface area contributed by atoms with Gasteiger partial charge in [0.15, 0.2) is 0 Å². The number of halogens is 3. The summed E-state index contributed by atoms with van der Waals surface area (Å²) in [5, 5.41) is 2.32. The van der Waals surface area contributed by atoms with Gasteiger partial charge in [-0.25, -0.2) is 8.42 Å². The Morgan fingerprint density at radius 2 is 1.78 bits per heavy atom. The molecule has 9 heteroatoms. The summed E-state index contributed by atoms with van der Waals surface area (Å²) >= 11 is 0. The van der Waals surface area contributed by atoms with E-state index in [2.05, 4.69) is 5.32 Å². The third kappa shape index (κ3) is 5.46. The standard InChI is InChI=1S/C18H19F3N2O3S/c1-12-7-8-13(2)16(9-12)23(27(3,25)26)11-17(24)22-15-6-4-5-14(10-15)18(19,20)21/h4-10H,11H2,1-3H3,(H,22,24). The van der Waals surface area contributed by atoms with Crippen LogP contribution in [0.3, 0.4) is 0 Å². The fourth-order valence-electron chi connectivity index (χ4n) is 2.47. The molecule has 0 radical (unpaired) electrons. The van der Waals surface area contributed by atoms with E-state index in [1.165, 1.54) is 6.07 Å². The molecule has 2 rings (SSSR count). The van der Waals surface area contributed by atoms with Crippen LogP contribution in [0.15, 0.2) is 42.5 Å². The number of sulfonamides is 1. The second-order valence-electron chi connectivity index (χ2n) is 6.19. The van der Waals surface area contributed by atoms with Crippen molar-refractivity contribution < 1.29 is 26.4 Å². The number of aryl methyl sites for hydroxylation is 2. The van der Waals surface area contributed by atoms with Gasteiger partial charge in [0.05, 0.1) is 17.5 Å². The third-order valence-corrected chi connectivity index (χ3v) is 4.92. The van der Waals surface area contributed by atoms with Crippen molar-refractivity contribution in [3.05, 3.63) is 59.2 Å². The van der Waals surface area contributed by atoms with Crippen LogP contribution in [0, 0.1) is 13.8 Å². The number of amides is 1. The topological polar surface area (TPSA) is 66.5 Å². The highest BCUT2D eigenvalue weighted by molar-refractivity contribution is 7.92.